The zero-order valence-corrected chi connectivity index (χ0v) is 17.5. The first-order chi connectivity index (χ1) is 12.7. The van der Waals surface area contributed by atoms with Crippen LogP contribution in [0.15, 0.2) is 53.4 Å². The van der Waals surface area contributed by atoms with Crippen LogP contribution < -0.4 is 0 Å². The van der Waals surface area contributed by atoms with Gasteiger partial charge >= 0.3 is 0 Å². The molecule has 2 aromatic carbocycles. The van der Waals surface area contributed by atoms with Crippen molar-refractivity contribution in [1.29, 1.82) is 0 Å². The number of hydrogen-bond donors (Lipinski definition) is 0. The van der Waals surface area contributed by atoms with Crippen LogP contribution in [0.2, 0.25) is 0 Å². The van der Waals surface area contributed by atoms with E-state index < -0.39 is 10.0 Å². The summed E-state index contributed by atoms with van der Waals surface area (Å²) in [6.45, 7) is 6.18. The number of sulfonamides is 1. The third-order valence-corrected chi connectivity index (χ3v) is 6.71. The molecule has 0 spiro atoms. The lowest BCUT2D eigenvalue weighted by Crippen LogP contribution is -2.33. The van der Waals surface area contributed by atoms with Crippen molar-refractivity contribution < 1.29 is 13.2 Å². The van der Waals surface area contributed by atoms with E-state index in [1.165, 1.54) is 22.0 Å². The van der Waals surface area contributed by atoms with Crippen LogP contribution >= 0.6 is 0 Å². The molecule has 0 saturated heterocycles. The fourth-order valence-electron chi connectivity index (χ4n) is 2.68. The first-order valence-corrected chi connectivity index (χ1v) is 10.5. The Hall–Kier alpha value is -2.18. The highest BCUT2D eigenvalue weighted by atomic mass is 32.2. The molecule has 2 aromatic rings. The number of benzene rings is 2. The van der Waals surface area contributed by atoms with Gasteiger partial charge in [-0.3, -0.25) is 4.79 Å². The first kappa shape index (κ1) is 21.1. The molecule has 0 aliphatic rings. The quantitative estimate of drug-likeness (QED) is 0.729. The van der Waals surface area contributed by atoms with E-state index in [0.717, 1.165) is 12.0 Å². The fourth-order valence-corrected chi connectivity index (χ4v) is 4.09. The minimum atomic E-state index is -3.62. The number of carbonyl (C=O) groups excluding carboxylic acids is 1. The summed E-state index contributed by atoms with van der Waals surface area (Å²) in [6, 6.07) is 14.2. The Labute approximate surface area is 162 Å². The van der Waals surface area contributed by atoms with Gasteiger partial charge in [-0.05, 0) is 49.6 Å². The highest BCUT2D eigenvalue weighted by molar-refractivity contribution is 7.89. The van der Waals surface area contributed by atoms with Crippen LogP contribution in [0.25, 0.3) is 0 Å². The van der Waals surface area contributed by atoms with Gasteiger partial charge < -0.3 is 4.90 Å². The van der Waals surface area contributed by atoms with E-state index in [0.29, 0.717) is 12.1 Å². The molecule has 0 bridgehead atoms. The molecule has 6 heteroatoms. The monoisotopic (exact) mass is 388 g/mol. The van der Waals surface area contributed by atoms with Crippen LogP contribution in [-0.2, 0) is 23.0 Å². The zero-order chi connectivity index (χ0) is 20.2. The fraction of sp³-hybridized carbons (Fsp3) is 0.381. The van der Waals surface area contributed by atoms with Crippen molar-refractivity contribution in [3.05, 3.63) is 65.2 Å². The van der Waals surface area contributed by atoms with E-state index in [4.69, 9.17) is 0 Å². The molecule has 0 aromatic heterocycles. The number of amides is 1. The normalized spacial score (nSPS) is 11.8. The van der Waals surface area contributed by atoms with E-state index in [9.17, 15) is 13.2 Å². The average Bonchev–Trinajstić information content (AvgIpc) is 2.67. The molecule has 0 heterocycles. The van der Waals surface area contributed by atoms with E-state index in [1.54, 1.807) is 31.1 Å². The molecule has 0 atom stereocenters. The number of rotatable bonds is 7. The van der Waals surface area contributed by atoms with Crippen molar-refractivity contribution in [2.24, 2.45) is 0 Å². The number of aryl methyl sites for hydroxylation is 1. The zero-order valence-electron chi connectivity index (χ0n) is 16.6. The maximum Gasteiger partial charge on any atom is 0.253 e. The minimum absolute atomic E-state index is 0.130. The second kappa shape index (κ2) is 8.67. The van der Waals surface area contributed by atoms with Gasteiger partial charge in [0.05, 0.1) is 4.90 Å². The smallest absolute Gasteiger partial charge is 0.253 e. The lowest BCUT2D eigenvalue weighted by atomic mass is 10.1. The maximum absolute atomic E-state index is 12.8. The molecule has 0 aliphatic carbocycles. The van der Waals surface area contributed by atoms with Gasteiger partial charge in [-0.2, -0.15) is 4.31 Å². The van der Waals surface area contributed by atoms with Gasteiger partial charge in [0, 0.05) is 32.2 Å². The third-order valence-electron chi connectivity index (χ3n) is 4.68. The lowest BCUT2D eigenvalue weighted by Gasteiger charge is -2.22. The summed E-state index contributed by atoms with van der Waals surface area (Å²) in [6.07, 6.45) is 0.973. The first-order valence-electron chi connectivity index (χ1n) is 9.08. The third kappa shape index (κ3) is 4.96. The van der Waals surface area contributed by atoms with Gasteiger partial charge in [0.2, 0.25) is 10.0 Å². The van der Waals surface area contributed by atoms with E-state index in [2.05, 4.69) is 19.1 Å². The Morgan fingerprint density at radius 3 is 2.15 bits per heavy atom. The summed E-state index contributed by atoms with van der Waals surface area (Å²) in [5.74, 6) is -0.209. The summed E-state index contributed by atoms with van der Waals surface area (Å²) in [4.78, 5) is 14.5. The molecule has 0 N–H and O–H groups in total. The van der Waals surface area contributed by atoms with Crippen molar-refractivity contribution in [3.63, 3.8) is 0 Å². The Bertz CT molecular complexity index is 890. The van der Waals surface area contributed by atoms with E-state index in [1.807, 2.05) is 26.0 Å². The molecular formula is C21H28N2O3S. The molecular weight excluding hydrogens is 360 g/mol. The molecule has 0 saturated carbocycles. The largest absolute Gasteiger partial charge is 0.337 e. The summed E-state index contributed by atoms with van der Waals surface area (Å²) >= 11 is 0. The minimum Gasteiger partial charge on any atom is -0.337 e. The molecule has 2 rings (SSSR count). The van der Waals surface area contributed by atoms with Gasteiger partial charge in [0.1, 0.15) is 0 Å². The summed E-state index contributed by atoms with van der Waals surface area (Å²) in [5.41, 5.74) is 2.65. The molecule has 146 valence electrons. The van der Waals surface area contributed by atoms with Gasteiger partial charge in [-0.1, -0.05) is 37.3 Å². The maximum atomic E-state index is 12.8. The SMILES string of the molecule is CCc1ccc(CN(C)C(=O)c2cccc(S(=O)(=O)N(C)C(C)C)c2)cc1. The van der Waals surface area contributed by atoms with E-state index >= 15 is 0 Å². The van der Waals surface area contributed by atoms with Gasteiger partial charge in [0.15, 0.2) is 0 Å². The van der Waals surface area contributed by atoms with Crippen molar-refractivity contribution in [2.75, 3.05) is 14.1 Å². The molecule has 1 amide bonds. The van der Waals surface area contributed by atoms with Crippen molar-refractivity contribution in [3.8, 4) is 0 Å². The average molecular weight is 389 g/mol. The summed E-state index contributed by atoms with van der Waals surface area (Å²) in [7, 11) is -0.362. The molecule has 0 fully saturated rings. The predicted octanol–water partition coefficient (Wildman–Crippen LogP) is 3.55. The Morgan fingerprint density at radius 2 is 1.59 bits per heavy atom. The van der Waals surface area contributed by atoms with Crippen LogP contribution in [0.3, 0.4) is 0 Å². The van der Waals surface area contributed by atoms with E-state index in [-0.39, 0.29) is 16.8 Å². The molecule has 0 unspecified atom stereocenters. The summed E-state index contributed by atoms with van der Waals surface area (Å²) in [5, 5.41) is 0. The Balaban J connectivity index is 2.21. The van der Waals surface area contributed by atoms with Crippen LogP contribution in [-0.4, -0.2) is 43.7 Å². The standard InChI is InChI=1S/C21H28N2O3S/c1-6-17-10-12-18(13-11-17)15-22(4)21(24)19-8-7-9-20(14-19)27(25,26)23(5)16(2)3/h7-14,16H,6,15H2,1-5H3. The lowest BCUT2D eigenvalue weighted by molar-refractivity contribution is 0.0785. The van der Waals surface area contributed by atoms with Gasteiger partial charge in [0.25, 0.3) is 5.91 Å². The second-order valence-corrected chi connectivity index (χ2v) is 8.97. The molecule has 0 aliphatic heterocycles. The van der Waals surface area contributed by atoms with Crippen molar-refractivity contribution in [2.45, 2.75) is 44.7 Å². The van der Waals surface area contributed by atoms with Crippen molar-refractivity contribution >= 4 is 15.9 Å². The summed E-state index contributed by atoms with van der Waals surface area (Å²) < 4.78 is 26.6. The van der Waals surface area contributed by atoms with Crippen LogP contribution in [0.1, 0.15) is 42.3 Å². The highest BCUT2D eigenvalue weighted by Crippen LogP contribution is 2.19. The molecule has 0 radical (unpaired) electrons. The topological polar surface area (TPSA) is 57.7 Å². The van der Waals surface area contributed by atoms with Crippen LogP contribution in [0.4, 0.5) is 0 Å². The van der Waals surface area contributed by atoms with Crippen LogP contribution in [0.5, 0.6) is 0 Å². The molecule has 5 nitrogen and oxygen atoms in total. The Kier molecular flexibility index (Phi) is 6.78. The van der Waals surface area contributed by atoms with Crippen molar-refractivity contribution in [1.82, 2.24) is 9.21 Å². The Morgan fingerprint density at radius 1 is 1.00 bits per heavy atom. The molecule has 27 heavy (non-hydrogen) atoms. The van der Waals surface area contributed by atoms with Gasteiger partial charge in [-0.15, -0.1) is 0 Å². The predicted molar refractivity (Wildman–Crippen MR) is 108 cm³/mol. The van der Waals surface area contributed by atoms with Crippen LogP contribution in [0, 0.1) is 0 Å². The number of carbonyl (C=O) groups is 1. The van der Waals surface area contributed by atoms with Gasteiger partial charge in [-0.25, -0.2) is 8.42 Å². The highest BCUT2D eigenvalue weighted by Gasteiger charge is 2.24. The number of nitrogens with zero attached hydrogens (tertiary/aromatic N) is 2. The second-order valence-electron chi connectivity index (χ2n) is 6.97. The number of hydrogen-bond acceptors (Lipinski definition) is 3.